The van der Waals surface area contributed by atoms with Gasteiger partial charge in [-0.3, -0.25) is 4.79 Å². The van der Waals surface area contributed by atoms with E-state index < -0.39 is 5.79 Å². The molecule has 0 saturated carbocycles. The molecule has 1 aromatic carbocycles. The first-order valence-corrected chi connectivity index (χ1v) is 9.21. The van der Waals surface area contributed by atoms with Gasteiger partial charge in [-0.15, -0.1) is 10.2 Å². The lowest BCUT2D eigenvalue weighted by Gasteiger charge is -2.37. The zero-order chi connectivity index (χ0) is 18.7. The fourth-order valence-corrected chi connectivity index (χ4v) is 3.54. The van der Waals surface area contributed by atoms with Crippen molar-refractivity contribution in [3.63, 3.8) is 0 Å². The Bertz CT molecular complexity index is 790. The van der Waals surface area contributed by atoms with Crippen LogP contribution in [0.4, 0.5) is 0 Å². The van der Waals surface area contributed by atoms with Crippen LogP contribution in [0.2, 0.25) is 0 Å². The van der Waals surface area contributed by atoms with Crippen LogP contribution in [0.1, 0.15) is 25.2 Å². The van der Waals surface area contributed by atoms with Crippen molar-refractivity contribution in [3.8, 4) is 17.2 Å². The van der Waals surface area contributed by atoms with Gasteiger partial charge in [0.25, 0.3) is 5.89 Å². The smallest absolute Gasteiger partial charge is 0.251 e. The maximum absolute atomic E-state index is 12.5. The van der Waals surface area contributed by atoms with E-state index in [9.17, 15) is 4.79 Å². The fraction of sp³-hybridized carbons (Fsp3) is 0.526. The predicted octanol–water partition coefficient (Wildman–Crippen LogP) is 2.04. The van der Waals surface area contributed by atoms with E-state index in [0.717, 1.165) is 18.4 Å². The number of piperidine rings is 1. The number of benzene rings is 1. The molecule has 144 valence electrons. The third-order valence-electron chi connectivity index (χ3n) is 5.05. The molecule has 8 nitrogen and oxygen atoms in total. The molecule has 1 amide bonds. The van der Waals surface area contributed by atoms with Crippen LogP contribution in [0.25, 0.3) is 11.5 Å². The molecule has 0 unspecified atom stereocenters. The van der Waals surface area contributed by atoms with E-state index in [1.165, 1.54) is 0 Å². The van der Waals surface area contributed by atoms with Crippen molar-refractivity contribution in [1.29, 1.82) is 0 Å². The first kappa shape index (κ1) is 17.9. The van der Waals surface area contributed by atoms with Crippen LogP contribution < -0.4 is 4.74 Å². The van der Waals surface area contributed by atoms with Gasteiger partial charge in [0, 0.05) is 38.8 Å². The summed E-state index contributed by atoms with van der Waals surface area (Å²) in [5.41, 5.74) is 0.739. The Kier molecular flexibility index (Phi) is 5.09. The van der Waals surface area contributed by atoms with Gasteiger partial charge in [0.1, 0.15) is 5.75 Å². The molecule has 4 rings (SSSR count). The Morgan fingerprint density at radius 3 is 2.67 bits per heavy atom. The molecule has 0 N–H and O–H groups in total. The van der Waals surface area contributed by atoms with Gasteiger partial charge >= 0.3 is 0 Å². The molecule has 3 heterocycles. The molecule has 0 bridgehead atoms. The van der Waals surface area contributed by atoms with Crippen LogP contribution in [0.5, 0.6) is 5.75 Å². The lowest BCUT2D eigenvalue weighted by molar-refractivity contribution is -0.187. The minimum absolute atomic E-state index is 0.0832. The van der Waals surface area contributed by atoms with Crippen LogP contribution in [-0.4, -0.2) is 60.2 Å². The quantitative estimate of drug-likeness (QED) is 0.793. The molecular formula is C19H23N3O5. The molecule has 27 heavy (non-hydrogen) atoms. The standard InChI is InChI=1S/C19H23N3O5/c1-24-15-5-3-2-4-14(15)18-21-20-16(27-18)6-7-17(23)22-10-8-19(9-11-22)25-12-13-26-19/h2-5H,6-13H2,1H3. The largest absolute Gasteiger partial charge is 0.496 e. The molecule has 0 aliphatic carbocycles. The number of likely N-dealkylation sites (tertiary alicyclic amines) is 1. The highest BCUT2D eigenvalue weighted by Crippen LogP contribution is 2.32. The molecule has 2 saturated heterocycles. The second kappa shape index (κ2) is 7.66. The van der Waals surface area contributed by atoms with Crippen LogP contribution in [-0.2, 0) is 20.7 Å². The van der Waals surface area contributed by atoms with Crippen LogP contribution in [0.3, 0.4) is 0 Å². The Morgan fingerprint density at radius 2 is 1.93 bits per heavy atom. The van der Waals surface area contributed by atoms with Crippen molar-refractivity contribution in [3.05, 3.63) is 30.2 Å². The predicted molar refractivity (Wildman–Crippen MR) is 95.1 cm³/mol. The fourth-order valence-electron chi connectivity index (χ4n) is 3.54. The first-order chi connectivity index (χ1) is 13.2. The first-order valence-electron chi connectivity index (χ1n) is 9.21. The van der Waals surface area contributed by atoms with Gasteiger partial charge < -0.3 is 23.5 Å². The minimum Gasteiger partial charge on any atom is -0.496 e. The van der Waals surface area contributed by atoms with Crippen molar-refractivity contribution in [2.75, 3.05) is 33.4 Å². The number of hydrogen-bond donors (Lipinski definition) is 0. The summed E-state index contributed by atoms with van der Waals surface area (Å²) < 4.78 is 22.4. The molecular weight excluding hydrogens is 350 g/mol. The second-order valence-electron chi connectivity index (χ2n) is 6.69. The third-order valence-corrected chi connectivity index (χ3v) is 5.05. The van der Waals surface area contributed by atoms with Crippen LogP contribution >= 0.6 is 0 Å². The summed E-state index contributed by atoms with van der Waals surface area (Å²) in [6.45, 7) is 2.57. The topological polar surface area (TPSA) is 86.9 Å². The Labute approximate surface area is 157 Å². The van der Waals surface area contributed by atoms with E-state index in [0.29, 0.717) is 56.7 Å². The summed E-state index contributed by atoms with van der Waals surface area (Å²) in [4.78, 5) is 14.3. The SMILES string of the molecule is COc1ccccc1-c1nnc(CCC(=O)N2CCC3(CC2)OCCO3)o1. The molecule has 2 aromatic rings. The highest BCUT2D eigenvalue weighted by atomic mass is 16.7. The number of carbonyl (C=O) groups excluding carboxylic acids is 1. The number of para-hydroxylation sites is 1. The van der Waals surface area contributed by atoms with Gasteiger partial charge in [-0.2, -0.15) is 0 Å². The minimum atomic E-state index is -0.465. The summed E-state index contributed by atoms with van der Waals surface area (Å²) in [6, 6.07) is 7.45. The van der Waals surface area contributed by atoms with Gasteiger partial charge in [-0.05, 0) is 12.1 Å². The number of aryl methyl sites for hydroxylation is 1. The Hall–Kier alpha value is -2.45. The van der Waals surface area contributed by atoms with Crippen molar-refractivity contribution in [2.24, 2.45) is 0 Å². The number of amides is 1. The van der Waals surface area contributed by atoms with Crippen LogP contribution in [0, 0.1) is 0 Å². The van der Waals surface area contributed by atoms with E-state index >= 15 is 0 Å². The van der Waals surface area contributed by atoms with Gasteiger partial charge in [0.15, 0.2) is 5.79 Å². The Balaban J connectivity index is 1.32. The molecule has 1 aromatic heterocycles. The second-order valence-corrected chi connectivity index (χ2v) is 6.69. The van der Waals surface area contributed by atoms with Gasteiger partial charge in [-0.1, -0.05) is 12.1 Å². The number of methoxy groups -OCH3 is 1. The molecule has 1 spiro atoms. The average molecular weight is 373 g/mol. The van der Waals surface area contributed by atoms with Crippen molar-refractivity contribution in [1.82, 2.24) is 15.1 Å². The van der Waals surface area contributed by atoms with Gasteiger partial charge in [-0.25, -0.2) is 0 Å². The maximum atomic E-state index is 12.5. The van der Waals surface area contributed by atoms with E-state index in [2.05, 4.69) is 10.2 Å². The zero-order valence-corrected chi connectivity index (χ0v) is 15.3. The highest BCUT2D eigenvalue weighted by molar-refractivity contribution is 5.76. The van der Waals surface area contributed by atoms with Crippen molar-refractivity contribution in [2.45, 2.75) is 31.5 Å². The van der Waals surface area contributed by atoms with Crippen molar-refractivity contribution < 1.29 is 23.4 Å². The summed E-state index contributed by atoms with van der Waals surface area (Å²) in [5.74, 6) is 1.13. The monoisotopic (exact) mass is 373 g/mol. The Morgan fingerprint density at radius 1 is 1.19 bits per heavy atom. The molecule has 0 radical (unpaired) electrons. The average Bonchev–Trinajstić information content (AvgIpc) is 3.37. The maximum Gasteiger partial charge on any atom is 0.251 e. The molecule has 0 atom stereocenters. The molecule has 8 heteroatoms. The molecule has 2 aliphatic rings. The summed E-state index contributed by atoms with van der Waals surface area (Å²) in [7, 11) is 1.60. The highest BCUT2D eigenvalue weighted by Gasteiger charge is 2.40. The third kappa shape index (κ3) is 3.81. The number of rotatable bonds is 5. The number of carbonyl (C=O) groups is 1. The van der Waals surface area contributed by atoms with E-state index in [-0.39, 0.29) is 5.91 Å². The van der Waals surface area contributed by atoms with E-state index in [1.54, 1.807) is 7.11 Å². The van der Waals surface area contributed by atoms with Gasteiger partial charge in [0.05, 0.1) is 25.9 Å². The van der Waals surface area contributed by atoms with E-state index in [4.69, 9.17) is 18.6 Å². The van der Waals surface area contributed by atoms with Crippen molar-refractivity contribution >= 4 is 5.91 Å². The molecule has 2 aliphatic heterocycles. The zero-order valence-electron chi connectivity index (χ0n) is 15.3. The summed E-state index contributed by atoms with van der Waals surface area (Å²) in [5, 5.41) is 8.14. The normalized spacial score (nSPS) is 18.8. The number of hydrogen-bond acceptors (Lipinski definition) is 7. The van der Waals surface area contributed by atoms with Gasteiger partial charge in [0.2, 0.25) is 11.8 Å². The van der Waals surface area contributed by atoms with E-state index in [1.807, 2.05) is 29.2 Å². The number of aromatic nitrogens is 2. The molecule has 2 fully saturated rings. The summed E-state index contributed by atoms with van der Waals surface area (Å²) in [6.07, 6.45) is 2.19. The lowest BCUT2D eigenvalue weighted by atomic mass is 10.0. The lowest BCUT2D eigenvalue weighted by Crippen LogP contribution is -2.47. The number of ether oxygens (including phenoxy) is 3. The van der Waals surface area contributed by atoms with Crippen LogP contribution in [0.15, 0.2) is 28.7 Å². The summed E-state index contributed by atoms with van der Waals surface area (Å²) >= 11 is 0. The number of nitrogens with zero attached hydrogens (tertiary/aromatic N) is 3.